The van der Waals surface area contributed by atoms with Crippen LogP contribution >= 0.6 is 0 Å². The van der Waals surface area contributed by atoms with E-state index in [4.69, 9.17) is 19.4 Å². The second kappa shape index (κ2) is 12.3. The Balaban J connectivity index is 1.08. The van der Waals surface area contributed by atoms with Crippen LogP contribution in [0.15, 0.2) is 185 Å². The summed E-state index contributed by atoms with van der Waals surface area (Å²) in [7, 11) is 0. The van der Waals surface area contributed by atoms with E-state index in [-0.39, 0.29) is 5.56 Å². The van der Waals surface area contributed by atoms with E-state index in [0.717, 1.165) is 98.7 Å². The Morgan fingerprint density at radius 2 is 1.00 bits per heavy atom. The number of nitrogens with one attached hydrogen (secondary N) is 1. The van der Waals surface area contributed by atoms with E-state index in [1.165, 1.54) is 0 Å². The second-order valence-electron chi connectivity index (χ2n) is 15.3. The minimum absolute atomic E-state index is 0.168. The average molecular weight is 771 g/mol. The van der Waals surface area contributed by atoms with Crippen molar-refractivity contribution >= 4 is 87.2 Å². The van der Waals surface area contributed by atoms with Gasteiger partial charge in [-0.25, -0.2) is 4.98 Å². The second-order valence-corrected chi connectivity index (χ2v) is 15.3. The number of nitrogens with zero attached hydrogens (tertiary/aromatic N) is 5. The number of hydrogen-bond donors (Lipinski definition) is 1. The summed E-state index contributed by atoms with van der Waals surface area (Å²) in [5, 5.41) is 8.80. The maximum Gasteiger partial charge on any atom is 0.256 e. The molecule has 8 heteroatoms. The molecule has 8 aromatic carbocycles. The highest BCUT2D eigenvalue weighted by Crippen LogP contribution is 2.39. The monoisotopic (exact) mass is 770 g/mol. The number of para-hydroxylation sites is 4. The van der Waals surface area contributed by atoms with E-state index in [9.17, 15) is 4.79 Å². The number of rotatable bonds is 4. The van der Waals surface area contributed by atoms with Crippen molar-refractivity contribution in [1.82, 2.24) is 29.1 Å². The van der Waals surface area contributed by atoms with Crippen LogP contribution in [0.2, 0.25) is 0 Å². The number of benzene rings is 8. The Labute approximate surface area is 340 Å². The van der Waals surface area contributed by atoms with Crippen molar-refractivity contribution in [2.24, 2.45) is 0 Å². The first kappa shape index (κ1) is 32.7. The summed E-state index contributed by atoms with van der Waals surface area (Å²) >= 11 is 0. The highest BCUT2D eigenvalue weighted by molar-refractivity contribution is 6.21. The van der Waals surface area contributed by atoms with Gasteiger partial charge in [-0.1, -0.05) is 109 Å². The zero-order chi connectivity index (χ0) is 39.5. The average Bonchev–Trinajstić information content (AvgIpc) is 3.95. The van der Waals surface area contributed by atoms with E-state index in [1.807, 2.05) is 84.9 Å². The molecule has 13 rings (SSSR count). The Morgan fingerprint density at radius 1 is 0.400 bits per heavy atom. The third-order valence-electron chi connectivity index (χ3n) is 11.9. The third-order valence-corrected chi connectivity index (χ3v) is 11.9. The first-order valence-corrected chi connectivity index (χ1v) is 19.9. The van der Waals surface area contributed by atoms with Gasteiger partial charge in [-0.2, -0.15) is 9.97 Å². The molecule has 0 fully saturated rings. The molecule has 1 N–H and O–H groups in total. The Morgan fingerprint density at radius 3 is 1.77 bits per heavy atom. The zero-order valence-corrected chi connectivity index (χ0v) is 31.8. The van der Waals surface area contributed by atoms with Crippen molar-refractivity contribution in [2.75, 3.05) is 0 Å². The van der Waals surface area contributed by atoms with Gasteiger partial charge in [-0.3, -0.25) is 9.36 Å². The predicted octanol–water partition coefficient (Wildman–Crippen LogP) is 12.3. The van der Waals surface area contributed by atoms with Crippen LogP contribution < -0.4 is 5.56 Å². The minimum atomic E-state index is -0.168. The van der Waals surface area contributed by atoms with Gasteiger partial charge in [0.05, 0.1) is 27.6 Å². The van der Waals surface area contributed by atoms with Gasteiger partial charge in [0.15, 0.2) is 11.6 Å². The molecule has 5 aromatic heterocycles. The smallest absolute Gasteiger partial charge is 0.256 e. The van der Waals surface area contributed by atoms with Gasteiger partial charge in [-0.05, 0) is 72.1 Å². The SMILES string of the molecule is O=c1[nH]c2cc3c(cc2c2cc4c5ccccc5n(-c5nc(-c6ccccc6)nc(-c6ccc7c(c6)oc6ccccc67)n5)c4cc12)c1ccccc1n3-c1ccccc1. The first-order valence-electron chi connectivity index (χ1n) is 19.9. The molecule has 13 aromatic rings. The quantitative estimate of drug-likeness (QED) is 0.180. The van der Waals surface area contributed by atoms with Crippen molar-refractivity contribution in [2.45, 2.75) is 0 Å². The van der Waals surface area contributed by atoms with Gasteiger partial charge in [-0.15, -0.1) is 0 Å². The summed E-state index contributed by atoms with van der Waals surface area (Å²) in [6.45, 7) is 0. The molecule has 8 nitrogen and oxygen atoms in total. The van der Waals surface area contributed by atoms with Gasteiger partial charge in [0.1, 0.15) is 11.2 Å². The molecule has 0 amide bonds. The molecule has 0 aliphatic rings. The summed E-state index contributed by atoms with van der Waals surface area (Å²) in [6.07, 6.45) is 0. The lowest BCUT2D eigenvalue weighted by Crippen LogP contribution is -2.08. The number of aromatic nitrogens is 6. The van der Waals surface area contributed by atoms with Crippen LogP contribution in [0.5, 0.6) is 0 Å². The number of H-pyrrole nitrogens is 1. The molecule has 0 atom stereocenters. The molecule has 0 aliphatic heterocycles. The van der Waals surface area contributed by atoms with E-state index in [2.05, 4.69) is 105 Å². The molecule has 0 radical (unpaired) electrons. The van der Waals surface area contributed by atoms with Crippen LogP contribution in [0.25, 0.3) is 122 Å². The van der Waals surface area contributed by atoms with E-state index >= 15 is 0 Å². The Bertz CT molecular complexity index is 3970. The molecule has 0 aliphatic carbocycles. The molecule has 0 saturated heterocycles. The highest BCUT2D eigenvalue weighted by atomic mass is 16.3. The minimum Gasteiger partial charge on any atom is -0.456 e. The third kappa shape index (κ3) is 4.73. The number of aromatic amines is 1. The largest absolute Gasteiger partial charge is 0.456 e. The molecule has 0 unspecified atom stereocenters. The molecule has 0 saturated carbocycles. The first-order chi connectivity index (χ1) is 29.6. The van der Waals surface area contributed by atoms with Crippen LogP contribution in [0, 0.1) is 0 Å². The maximum absolute atomic E-state index is 14.3. The fourth-order valence-electron chi connectivity index (χ4n) is 9.20. The van der Waals surface area contributed by atoms with Crippen LogP contribution in [-0.2, 0) is 0 Å². The van der Waals surface area contributed by atoms with Crippen molar-refractivity contribution in [1.29, 1.82) is 0 Å². The van der Waals surface area contributed by atoms with Gasteiger partial charge < -0.3 is 14.0 Å². The Hall–Kier alpha value is -8.36. The maximum atomic E-state index is 14.3. The highest BCUT2D eigenvalue weighted by Gasteiger charge is 2.21. The standard InChI is InChI=1S/C52H30N6O2/c59-51-41-28-45-39(26-37(41)38-27-40-33-17-7-10-20-43(33)57(32-15-5-2-6-16-32)46(40)29-42(38)53-51)34-18-8-11-21-44(34)58(45)52-55-49(30-13-3-1-4-14-30)54-50(56-52)31-23-24-36-35-19-9-12-22-47(35)60-48(36)25-31/h1-29H,(H,53,59). The van der Waals surface area contributed by atoms with Gasteiger partial charge >= 0.3 is 0 Å². The van der Waals surface area contributed by atoms with Gasteiger partial charge in [0, 0.05) is 59.9 Å². The summed E-state index contributed by atoms with van der Waals surface area (Å²) < 4.78 is 10.6. The lowest BCUT2D eigenvalue weighted by atomic mass is 10.0. The molecule has 5 heterocycles. The topological polar surface area (TPSA) is 94.5 Å². The van der Waals surface area contributed by atoms with Crippen LogP contribution in [0.1, 0.15) is 0 Å². The summed E-state index contributed by atoms with van der Waals surface area (Å²) in [5.74, 6) is 1.49. The van der Waals surface area contributed by atoms with Crippen LogP contribution in [0.3, 0.4) is 0 Å². The van der Waals surface area contributed by atoms with E-state index in [1.54, 1.807) is 0 Å². The van der Waals surface area contributed by atoms with E-state index in [0.29, 0.717) is 23.0 Å². The van der Waals surface area contributed by atoms with Crippen LogP contribution in [0.4, 0.5) is 0 Å². The van der Waals surface area contributed by atoms with Crippen molar-refractivity contribution < 1.29 is 4.42 Å². The number of pyridine rings is 1. The molecular weight excluding hydrogens is 741 g/mol. The number of hydrogen-bond acceptors (Lipinski definition) is 5. The fraction of sp³-hybridized carbons (Fsp3) is 0. The number of fused-ring (bicyclic) bond motifs is 12. The van der Waals surface area contributed by atoms with Crippen LogP contribution in [-0.4, -0.2) is 29.1 Å². The fourth-order valence-corrected chi connectivity index (χ4v) is 9.20. The summed E-state index contributed by atoms with van der Waals surface area (Å²) in [6, 6.07) is 59.7. The van der Waals surface area contributed by atoms with Gasteiger partial charge in [0.2, 0.25) is 5.95 Å². The lowest BCUT2D eigenvalue weighted by molar-refractivity contribution is 0.669. The molecular formula is C52H30N6O2. The van der Waals surface area contributed by atoms with Gasteiger partial charge in [0.25, 0.3) is 5.56 Å². The molecule has 60 heavy (non-hydrogen) atoms. The Kier molecular flexibility index (Phi) is 6.71. The van der Waals surface area contributed by atoms with E-state index < -0.39 is 0 Å². The number of furan rings is 1. The molecule has 280 valence electrons. The lowest BCUT2D eigenvalue weighted by Gasteiger charge is -2.11. The summed E-state index contributed by atoms with van der Waals surface area (Å²) in [5.41, 5.74) is 8.79. The normalized spacial score (nSPS) is 12.1. The van der Waals surface area contributed by atoms with Crippen molar-refractivity contribution in [3.8, 4) is 34.4 Å². The molecule has 0 bridgehead atoms. The van der Waals surface area contributed by atoms with Crippen molar-refractivity contribution in [3.63, 3.8) is 0 Å². The predicted molar refractivity (Wildman–Crippen MR) is 242 cm³/mol. The summed E-state index contributed by atoms with van der Waals surface area (Å²) in [4.78, 5) is 32.9. The zero-order valence-electron chi connectivity index (χ0n) is 31.8. The van der Waals surface area contributed by atoms with Crippen molar-refractivity contribution in [3.05, 3.63) is 186 Å². The molecule has 0 spiro atoms.